The molecule has 0 amide bonds. The van der Waals surface area contributed by atoms with Gasteiger partial charge in [0, 0.05) is 18.9 Å². The lowest BCUT2D eigenvalue weighted by molar-refractivity contribution is -0.165. The lowest BCUT2D eigenvalue weighted by Gasteiger charge is -2.25. The molecule has 1 saturated heterocycles. The van der Waals surface area contributed by atoms with E-state index in [-0.39, 0.29) is 5.79 Å². The maximum atomic E-state index is 5.87. The Morgan fingerprint density at radius 1 is 1.08 bits per heavy atom. The highest BCUT2D eigenvalue weighted by atomic mass is 16.7. The molecule has 0 radical (unpaired) electrons. The SMILES string of the molecule is NC1CCCC2(CC1)OCCO2. The van der Waals surface area contributed by atoms with Gasteiger partial charge in [-0.15, -0.1) is 0 Å². The molecule has 1 heterocycles. The highest BCUT2D eigenvalue weighted by molar-refractivity contribution is 4.81. The lowest BCUT2D eigenvalue weighted by Crippen LogP contribution is -2.29. The van der Waals surface area contributed by atoms with Crippen molar-refractivity contribution in [2.75, 3.05) is 13.2 Å². The Morgan fingerprint density at radius 2 is 1.83 bits per heavy atom. The molecule has 0 bridgehead atoms. The van der Waals surface area contributed by atoms with Crippen molar-refractivity contribution in [2.45, 2.75) is 43.9 Å². The van der Waals surface area contributed by atoms with E-state index in [4.69, 9.17) is 15.2 Å². The molecule has 0 aromatic rings. The van der Waals surface area contributed by atoms with Gasteiger partial charge in [-0.1, -0.05) is 0 Å². The van der Waals surface area contributed by atoms with Crippen molar-refractivity contribution >= 4 is 0 Å². The zero-order valence-electron chi connectivity index (χ0n) is 7.42. The van der Waals surface area contributed by atoms with Crippen LogP contribution < -0.4 is 5.73 Å². The number of hydrogen-bond donors (Lipinski definition) is 1. The molecule has 1 atom stereocenters. The third-order valence-corrected chi connectivity index (χ3v) is 2.84. The second kappa shape index (κ2) is 3.32. The van der Waals surface area contributed by atoms with Gasteiger partial charge in [-0.25, -0.2) is 0 Å². The zero-order valence-corrected chi connectivity index (χ0v) is 7.42. The highest BCUT2D eigenvalue weighted by Crippen LogP contribution is 2.33. The molecule has 2 N–H and O–H groups in total. The van der Waals surface area contributed by atoms with Crippen molar-refractivity contribution < 1.29 is 9.47 Å². The van der Waals surface area contributed by atoms with E-state index in [1.165, 1.54) is 0 Å². The topological polar surface area (TPSA) is 44.5 Å². The van der Waals surface area contributed by atoms with E-state index in [1.54, 1.807) is 0 Å². The van der Waals surface area contributed by atoms with Crippen LogP contribution in [0, 0.1) is 0 Å². The normalized spacial score (nSPS) is 35.2. The Morgan fingerprint density at radius 3 is 2.58 bits per heavy atom. The van der Waals surface area contributed by atoms with E-state index in [9.17, 15) is 0 Å². The molecule has 2 rings (SSSR count). The first-order valence-electron chi connectivity index (χ1n) is 4.84. The van der Waals surface area contributed by atoms with Crippen LogP contribution in [-0.2, 0) is 9.47 Å². The molecule has 1 saturated carbocycles. The summed E-state index contributed by atoms with van der Waals surface area (Å²) in [5.41, 5.74) is 5.87. The third-order valence-electron chi connectivity index (χ3n) is 2.84. The first kappa shape index (κ1) is 8.48. The van der Waals surface area contributed by atoms with E-state index in [2.05, 4.69) is 0 Å². The molecule has 70 valence electrons. The maximum absolute atomic E-state index is 5.87. The second-order valence-electron chi connectivity index (χ2n) is 3.80. The van der Waals surface area contributed by atoms with Crippen LogP contribution in [0.3, 0.4) is 0 Å². The molecular weight excluding hydrogens is 154 g/mol. The quantitative estimate of drug-likeness (QED) is 0.592. The fraction of sp³-hybridized carbons (Fsp3) is 1.00. The maximum Gasteiger partial charge on any atom is 0.168 e. The minimum Gasteiger partial charge on any atom is -0.348 e. The van der Waals surface area contributed by atoms with Crippen molar-refractivity contribution in [1.82, 2.24) is 0 Å². The predicted molar refractivity (Wildman–Crippen MR) is 45.7 cm³/mol. The lowest BCUT2D eigenvalue weighted by atomic mass is 10.1. The smallest absolute Gasteiger partial charge is 0.168 e. The van der Waals surface area contributed by atoms with Crippen LogP contribution in [0.4, 0.5) is 0 Å². The molecule has 1 aliphatic carbocycles. The molecule has 0 aromatic heterocycles. The van der Waals surface area contributed by atoms with Gasteiger partial charge in [-0.3, -0.25) is 0 Å². The van der Waals surface area contributed by atoms with Crippen molar-refractivity contribution in [3.05, 3.63) is 0 Å². The minimum absolute atomic E-state index is 0.242. The first-order chi connectivity index (χ1) is 5.81. The molecule has 3 nitrogen and oxygen atoms in total. The van der Waals surface area contributed by atoms with Gasteiger partial charge in [0.2, 0.25) is 0 Å². The summed E-state index contributed by atoms with van der Waals surface area (Å²) in [6.45, 7) is 1.52. The number of ether oxygens (including phenoxy) is 2. The largest absolute Gasteiger partial charge is 0.348 e. The van der Waals surface area contributed by atoms with Crippen LogP contribution in [0.25, 0.3) is 0 Å². The molecule has 0 aromatic carbocycles. The zero-order chi connectivity index (χ0) is 8.44. The monoisotopic (exact) mass is 171 g/mol. The Bertz CT molecular complexity index is 155. The molecule has 3 heteroatoms. The van der Waals surface area contributed by atoms with Crippen LogP contribution >= 0.6 is 0 Å². The van der Waals surface area contributed by atoms with E-state index in [0.717, 1.165) is 45.3 Å². The summed E-state index contributed by atoms with van der Waals surface area (Å²) >= 11 is 0. The van der Waals surface area contributed by atoms with Gasteiger partial charge in [-0.05, 0) is 19.3 Å². The van der Waals surface area contributed by atoms with E-state index in [0.29, 0.717) is 6.04 Å². The molecule has 1 spiro atoms. The molecule has 2 fully saturated rings. The third kappa shape index (κ3) is 1.63. The van der Waals surface area contributed by atoms with E-state index < -0.39 is 0 Å². The van der Waals surface area contributed by atoms with Crippen LogP contribution in [0.2, 0.25) is 0 Å². The van der Waals surface area contributed by atoms with Crippen molar-refractivity contribution in [3.63, 3.8) is 0 Å². The average Bonchev–Trinajstić information content (AvgIpc) is 2.42. The van der Waals surface area contributed by atoms with Gasteiger partial charge in [0.25, 0.3) is 0 Å². The number of hydrogen-bond acceptors (Lipinski definition) is 3. The summed E-state index contributed by atoms with van der Waals surface area (Å²) in [6, 6.07) is 0.358. The van der Waals surface area contributed by atoms with Gasteiger partial charge in [-0.2, -0.15) is 0 Å². The minimum atomic E-state index is -0.242. The van der Waals surface area contributed by atoms with Gasteiger partial charge >= 0.3 is 0 Å². The summed E-state index contributed by atoms with van der Waals surface area (Å²) in [5.74, 6) is -0.242. The van der Waals surface area contributed by atoms with Gasteiger partial charge in [0.05, 0.1) is 13.2 Å². The number of nitrogens with two attached hydrogens (primary N) is 1. The summed E-state index contributed by atoms with van der Waals surface area (Å²) in [7, 11) is 0. The van der Waals surface area contributed by atoms with Gasteiger partial charge in [0.1, 0.15) is 0 Å². The van der Waals surface area contributed by atoms with Crippen molar-refractivity contribution in [1.29, 1.82) is 0 Å². The van der Waals surface area contributed by atoms with Crippen LogP contribution in [0.5, 0.6) is 0 Å². The van der Waals surface area contributed by atoms with Crippen LogP contribution in [-0.4, -0.2) is 25.0 Å². The number of rotatable bonds is 0. The average molecular weight is 171 g/mol. The van der Waals surface area contributed by atoms with Crippen molar-refractivity contribution in [2.24, 2.45) is 5.73 Å². The van der Waals surface area contributed by atoms with E-state index >= 15 is 0 Å². The highest BCUT2D eigenvalue weighted by Gasteiger charge is 2.37. The second-order valence-corrected chi connectivity index (χ2v) is 3.80. The molecule has 1 unspecified atom stereocenters. The van der Waals surface area contributed by atoms with Gasteiger partial charge < -0.3 is 15.2 Å². The predicted octanol–water partition coefficient (Wildman–Crippen LogP) is 1.02. The van der Waals surface area contributed by atoms with Crippen LogP contribution in [0.1, 0.15) is 32.1 Å². The van der Waals surface area contributed by atoms with E-state index in [1.807, 2.05) is 0 Å². The summed E-state index contributed by atoms with van der Waals surface area (Å²) in [5, 5.41) is 0. The molecule has 12 heavy (non-hydrogen) atoms. The molecule has 2 aliphatic rings. The molecular formula is C9H17NO2. The van der Waals surface area contributed by atoms with Crippen LogP contribution in [0.15, 0.2) is 0 Å². The van der Waals surface area contributed by atoms with Crippen molar-refractivity contribution in [3.8, 4) is 0 Å². The summed E-state index contributed by atoms with van der Waals surface area (Å²) in [4.78, 5) is 0. The summed E-state index contributed by atoms with van der Waals surface area (Å²) in [6.07, 6.45) is 5.31. The fourth-order valence-corrected chi connectivity index (χ4v) is 2.09. The Hall–Kier alpha value is -0.120. The first-order valence-corrected chi connectivity index (χ1v) is 4.84. The Kier molecular flexibility index (Phi) is 2.35. The van der Waals surface area contributed by atoms with Gasteiger partial charge in [0.15, 0.2) is 5.79 Å². The Labute approximate surface area is 73.2 Å². The Balaban J connectivity index is 1.97. The fourth-order valence-electron chi connectivity index (χ4n) is 2.09. The standard InChI is InChI=1S/C9H17NO2/c10-8-2-1-4-9(5-3-8)11-6-7-12-9/h8H,1-7,10H2. The summed E-state index contributed by atoms with van der Waals surface area (Å²) < 4.78 is 11.3. The molecule has 1 aliphatic heterocycles.